The van der Waals surface area contributed by atoms with Crippen LogP contribution in [0.2, 0.25) is 0 Å². The van der Waals surface area contributed by atoms with Crippen LogP contribution < -0.4 is 0 Å². The quantitative estimate of drug-likeness (QED) is 0.692. The van der Waals surface area contributed by atoms with Crippen molar-refractivity contribution >= 4 is 5.91 Å². The van der Waals surface area contributed by atoms with Crippen LogP contribution in [0.4, 0.5) is 0 Å². The van der Waals surface area contributed by atoms with Gasteiger partial charge in [0.15, 0.2) is 0 Å². The summed E-state index contributed by atoms with van der Waals surface area (Å²) in [6, 6.07) is 19.8. The lowest BCUT2D eigenvalue weighted by Crippen LogP contribution is -2.43. The predicted octanol–water partition coefficient (Wildman–Crippen LogP) is 3.95. The van der Waals surface area contributed by atoms with Crippen molar-refractivity contribution in [2.75, 3.05) is 13.1 Å². The van der Waals surface area contributed by atoms with Gasteiger partial charge in [-0.25, -0.2) is 0 Å². The molecule has 1 saturated heterocycles. The molecule has 1 aromatic carbocycles. The minimum atomic E-state index is -0.284. The van der Waals surface area contributed by atoms with E-state index in [4.69, 9.17) is 0 Å². The maximum Gasteiger partial charge on any atom is 0.250 e. The molecule has 4 rings (SSSR count). The molecular weight excluding hydrogens is 334 g/mol. The van der Waals surface area contributed by atoms with E-state index in [2.05, 4.69) is 11.1 Å². The topological polar surface area (TPSA) is 38.1 Å². The molecule has 27 heavy (non-hydrogen) atoms. The molecule has 0 saturated carbocycles. The Balaban J connectivity index is 1.44. The third-order valence-electron chi connectivity index (χ3n) is 5.43. The van der Waals surface area contributed by atoms with Crippen LogP contribution >= 0.6 is 0 Å². The number of carbonyl (C=O) groups excluding carboxylic acids is 1. The van der Waals surface area contributed by atoms with Gasteiger partial charge in [-0.05, 0) is 55.0 Å². The van der Waals surface area contributed by atoms with E-state index >= 15 is 0 Å². The number of rotatable bonds is 5. The van der Waals surface area contributed by atoms with E-state index in [1.807, 2.05) is 82.7 Å². The van der Waals surface area contributed by atoms with Crippen molar-refractivity contribution < 1.29 is 4.79 Å². The molecule has 3 aromatic rings. The minimum absolute atomic E-state index is 0.189. The van der Waals surface area contributed by atoms with E-state index < -0.39 is 0 Å². The first-order valence-corrected chi connectivity index (χ1v) is 9.67. The molecule has 0 N–H and O–H groups in total. The van der Waals surface area contributed by atoms with Crippen LogP contribution in [0.25, 0.3) is 0 Å². The molecule has 0 spiro atoms. The summed E-state index contributed by atoms with van der Waals surface area (Å²) in [6.07, 6.45) is 8.88. The van der Waals surface area contributed by atoms with Crippen molar-refractivity contribution in [2.24, 2.45) is 5.92 Å². The standard InChI is InChI=1S/C23H25N3O/c27-23(22(25-14-6-7-15-25)20-8-2-1-3-9-20)26-16-11-19(12-17-26)18-21-10-4-5-13-24-21/h1-10,13-15,19,22H,11-12,16-18H2. The number of hydrogen-bond donors (Lipinski definition) is 0. The molecular formula is C23H25N3O. The Kier molecular flexibility index (Phi) is 5.33. The average molecular weight is 359 g/mol. The Morgan fingerprint density at radius 2 is 1.67 bits per heavy atom. The van der Waals surface area contributed by atoms with Gasteiger partial charge in [0.25, 0.3) is 0 Å². The normalized spacial score (nSPS) is 16.2. The molecule has 2 aromatic heterocycles. The second-order valence-electron chi connectivity index (χ2n) is 7.24. The fourth-order valence-corrected chi connectivity index (χ4v) is 3.94. The summed E-state index contributed by atoms with van der Waals surface area (Å²) in [7, 11) is 0. The predicted molar refractivity (Wildman–Crippen MR) is 106 cm³/mol. The Morgan fingerprint density at radius 1 is 0.963 bits per heavy atom. The number of amides is 1. The molecule has 4 nitrogen and oxygen atoms in total. The SMILES string of the molecule is O=C(C(c1ccccc1)n1cccc1)N1CCC(Cc2ccccn2)CC1. The van der Waals surface area contributed by atoms with Crippen molar-refractivity contribution in [3.63, 3.8) is 0 Å². The Morgan fingerprint density at radius 3 is 2.33 bits per heavy atom. The van der Waals surface area contributed by atoms with Crippen molar-refractivity contribution in [3.05, 3.63) is 90.5 Å². The van der Waals surface area contributed by atoms with E-state index in [0.717, 1.165) is 43.6 Å². The van der Waals surface area contributed by atoms with Crippen molar-refractivity contribution in [1.29, 1.82) is 0 Å². The zero-order valence-electron chi connectivity index (χ0n) is 15.4. The smallest absolute Gasteiger partial charge is 0.250 e. The summed E-state index contributed by atoms with van der Waals surface area (Å²) in [4.78, 5) is 19.8. The first-order valence-electron chi connectivity index (χ1n) is 9.67. The van der Waals surface area contributed by atoms with Crippen LogP contribution in [-0.4, -0.2) is 33.4 Å². The van der Waals surface area contributed by atoms with E-state index in [0.29, 0.717) is 5.92 Å². The number of carbonyl (C=O) groups is 1. The Bertz CT molecular complexity index is 838. The number of nitrogens with zero attached hydrogens (tertiary/aromatic N) is 3. The van der Waals surface area contributed by atoms with Crippen LogP contribution in [0.15, 0.2) is 79.3 Å². The van der Waals surface area contributed by atoms with Gasteiger partial charge in [0.1, 0.15) is 6.04 Å². The van der Waals surface area contributed by atoms with Crippen LogP contribution in [-0.2, 0) is 11.2 Å². The average Bonchev–Trinajstić information content (AvgIpc) is 3.24. The lowest BCUT2D eigenvalue weighted by molar-refractivity contribution is -0.135. The van der Waals surface area contributed by atoms with Crippen molar-refractivity contribution in [2.45, 2.75) is 25.3 Å². The van der Waals surface area contributed by atoms with E-state index in [9.17, 15) is 4.79 Å². The van der Waals surface area contributed by atoms with Crippen LogP contribution in [0.5, 0.6) is 0 Å². The highest BCUT2D eigenvalue weighted by atomic mass is 16.2. The first-order chi connectivity index (χ1) is 13.3. The third-order valence-corrected chi connectivity index (χ3v) is 5.43. The molecule has 1 atom stereocenters. The van der Waals surface area contributed by atoms with Crippen LogP contribution in [0, 0.1) is 5.92 Å². The minimum Gasteiger partial charge on any atom is -0.341 e. The number of benzene rings is 1. The molecule has 138 valence electrons. The largest absolute Gasteiger partial charge is 0.341 e. The molecule has 4 heteroatoms. The van der Waals surface area contributed by atoms with Crippen LogP contribution in [0.3, 0.4) is 0 Å². The van der Waals surface area contributed by atoms with Crippen molar-refractivity contribution in [1.82, 2.24) is 14.5 Å². The molecule has 1 amide bonds. The van der Waals surface area contributed by atoms with E-state index in [1.54, 1.807) is 0 Å². The second-order valence-corrected chi connectivity index (χ2v) is 7.24. The Hall–Kier alpha value is -2.88. The number of pyridine rings is 1. The molecule has 0 radical (unpaired) electrons. The fraction of sp³-hybridized carbons (Fsp3) is 0.304. The van der Waals surface area contributed by atoms with Gasteiger partial charge in [0, 0.05) is 37.4 Å². The van der Waals surface area contributed by atoms with Gasteiger partial charge < -0.3 is 9.47 Å². The van der Waals surface area contributed by atoms with Crippen molar-refractivity contribution in [3.8, 4) is 0 Å². The summed E-state index contributed by atoms with van der Waals surface area (Å²) in [5, 5.41) is 0. The fourth-order valence-electron chi connectivity index (χ4n) is 3.94. The van der Waals surface area contributed by atoms with Gasteiger partial charge in [-0.3, -0.25) is 9.78 Å². The number of aromatic nitrogens is 2. The highest BCUT2D eigenvalue weighted by molar-refractivity contribution is 5.83. The molecule has 0 bridgehead atoms. The molecule has 0 aliphatic carbocycles. The highest BCUT2D eigenvalue weighted by Crippen LogP contribution is 2.26. The summed E-state index contributed by atoms with van der Waals surface area (Å²) < 4.78 is 2.01. The molecule has 1 aliphatic rings. The summed E-state index contributed by atoms with van der Waals surface area (Å²) in [5.74, 6) is 0.791. The first kappa shape index (κ1) is 17.5. The summed E-state index contributed by atoms with van der Waals surface area (Å²) in [5.41, 5.74) is 2.19. The van der Waals surface area contributed by atoms with Crippen LogP contribution in [0.1, 0.15) is 30.1 Å². The Labute approximate surface area is 160 Å². The lowest BCUT2D eigenvalue weighted by Gasteiger charge is -2.34. The molecule has 3 heterocycles. The maximum atomic E-state index is 13.4. The highest BCUT2D eigenvalue weighted by Gasteiger charge is 2.30. The molecule has 1 aliphatic heterocycles. The summed E-state index contributed by atoms with van der Waals surface area (Å²) in [6.45, 7) is 1.64. The van der Waals surface area contributed by atoms with Gasteiger partial charge in [-0.1, -0.05) is 36.4 Å². The van der Waals surface area contributed by atoms with Gasteiger partial charge in [0.05, 0.1) is 0 Å². The van der Waals surface area contributed by atoms with Gasteiger partial charge in [-0.2, -0.15) is 0 Å². The number of hydrogen-bond acceptors (Lipinski definition) is 2. The zero-order valence-corrected chi connectivity index (χ0v) is 15.4. The zero-order chi connectivity index (χ0) is 18.5. The second kappa shape index (κ2) is 8.21. The number of likely N-dealkylation sites (tertiary alicyclic amines) is 1. The molecule has 1 unspecified atom stereocenters. The molecule has 1 fully saturated rings. The van der Waals surface area contributed by atoms with E-state index in [-0.39, 0.29) is 11.9 Å². The van der Waals surface area contributed by atoms with Gasteiger partial charge >= 0.3 is 0 Å². The summed E-state index contributed by atoms with van der Waals surface area (Å²) >= 11 is 0. The lowest BCUT2D eigenvalue weighted by atomic mass is 9.91. The van der Waals surface area contributed by atoms with E-state index in [1.165, 1.54) is 0 Å². The number of piperidine rings is 1. The monoisotopic (exact) mass is 359 g/mol. The third kappa shape index (κ3) is 4.11. The van der Waals surface area contributed by atoms with Gasteiger partial charge in [0.2, 0.25) is 5.91 Å². The maximum absolute atomic E-state index is 13.4. The van der Waals surface area contributed by atoms with Gasteiger partial charge in [-0.15, -0.1) is 0 Å².